The Morgan fingerprint density at radius 3 is 2.53 bits per heavy atom. The highest BCUT2D eigenvalue weighted by Crippen LogP contribution is 2.31. The second-order valence-corrected chi connectivity index (χ2v) is 8.31. The molecule has 2 N–H and O–H groups in total. The smallest absolute Gasteiger partial charge is 0.325 e. The lowest BCUT2D eigenvalue weighted by molar-refractivity contribution is -0.135. The fourth-order valence-electron chi connectivity index (χ4n) is 4.41. The van der Waals surface area contributed by atoms with E-state index in [0.29, 0.717) is 18.4 Å². The highest BCUT2D eigenvalue weighted by molar-refractivity contribution is 6.09. The second kappa shape index (κ2) is 7.45. The van der Waals surface area contributed by atoms with Gasteiger partial charge in [-0.3, -0.25) is 14.5 Å². The summed E-state index contributed by atoms with van der Waals surface area (Å²) in [6.45, 7) is 1.24. The Kier molecular flexibility index (Phi) is 4.94. The Morgan fingerprint density at radius 2 is 1.83 bits per heavy atom. The monoisotopic (exact) mass is 404 g/mol. The fraction of sp³-hybridized carbons (Fsp3) is 0.391. The van der Waals surface area contributed by atoms with Crippen LogP contribution in [-0.2, 0) is 15.1 Å². The maximum Gasteiger partial charge on any atom is 0.325 e. The van der Waals surface area contributed by atoms with Crippen molar-refractivity contribution >= 4 is 28.6 Å². The maximum atomic E-state index is 13.1. The van der Waals surface area contributed by atoms with Gasteiger partial charge in [0.15, 0.2) is 0 Å². The van der Waals surface area contributed by atoms with Crippen molar-refractivity contribution in [3.63, 3.8) is 0 Å². The number of carbonyl (C=O) groups excluding carboxylic acids is 3. The number of benzene rings is 2. The van der Waals surface area contributed by atoms with Gasteiger partial charge >= 0.3 is 6.03 Å². The summed E-state index contributed by atoms with van der Waals surface area (Å²) in [6.07, 6.45) is 3.96. The molecule has 1 saturated heterocycles. The fourth-order valence-corrected chi connectivity index (χ4v) is 4.41. The molecule has 1 atom stereocenters. The van der Waals surface area contributed by atoms with Gasteiger partial charge in [0.05, 0.1) is 6.07 Å². The third kappa shape index (κ3) is 3.39. The van der Waals surface area contributed by atoms with Crippen molar-refractivity contribution in [1.82, 2.24) is 15.5 Å². The standard InChI is InChI=1S/C23H24N4O3/c1-22(18-10-9-16-7-3-4-8-17(16)13-18)20(29)27(21(30)26-22)14-19(28)25-23(15-24)11-5-2-6-12-23/h3-4,7-10,13H,2,5-6,11-12,14H2,1H3,(H,25,28)(H,26,30). The van der Waals surface area contributed by atoms with Gasteiger partial charge in [0.1, 0.15) is 17.6 Å². The third-order valence-corrected chi connectivity index (χ3v) is 6.20. The van der Waals surface area contributed by atoms with E-state index in [2.05, 4.69) is 16.7 Å². The van der Waals surface area contributed by atoms with Gasteiger partial charge in [-0.2, -0.15) is 5.26 Å². The summed E-state index contributed by atoms with van der Waals surface area (Å²) in [6, 6.07) is 15.0. The van der Waals surface area contributed by atoms with E-state index in [-0.39, 0.29) is 0 Å². The minimum Gasteiger partial charge on any atom is -0.336 e. The van der Waals surface area contributed by atoms with Crippen molar-refractivity contribution in [2.45, 2.75) is 50.1 Å². The molecule has 30 heavy (non-hydrogen) atoms. The van der Waals surface area contributed by atoms with E-state index in [1.54, 1.807) is 6.92 Å². The number of nitrogens with zero attached hydrogens (tertiary/aromatic N) is 2. The summed E-state index contributed by atoms with van der Waals surface area (Å²) in [5.41, 5.74) is -1.50. The van der Waals surface area contributed by atoms with Crippen LogP contribution in [0.25, 0.3) is 10.8 Å². The number of fused-ring (bicyclic) bond motifs is 1. The van der Waals surface area contributed by atoms with E-state index in [0.717, 1.165) is 34.9 Å². The minimum atomic E-state index is -1.25. The number of rotatable bonds is 4. The SMILES string of the molecule is CC1(c2ccc3ccccc3c2)NC(=O)N(CC(=O)NC2(C#N)CCCCC2)C1=O. The lowest BCUT2D eigenvalue weighted by Crippen LogP contribution is -2.52. The number of nitriles is 1. The normalized spacial score (nSPS) is 23.1. The largest absolute Gasteiger partial charge is 0.336 e. The zero-order chi connectivity index (χ0) is 21.4. The Morgan fingerprint density at radius 1 is 1.13 bits per heavy atom. The van der Waals surface area contributed by atoms with Crippen molar-refractivity contribution in [3.8, 4) is 6.07 Å². The predicted octanol–water partition coefficient (Wildman–Crippen LogP) is 2.95. The van der Waals surface area contributed by atoms with Gasteiger partial charge in [-0.25, -0.2) is 4.79 Å². The van der Waals surface area contributed by atoms with E-state index < -0.39 is 35.5 Å². The van der Waals surface area contributed by atoms with E-state index in [1.165, 1.54) is 0 Å². The highest BCUT2D eigenvalue weighted by Gasteiger charge is 2.50. The number of imide groups is 1. The number of hydrogen-bond donors (Lipinski definition) is 2. The van der Waals surface area contributed by atoms with Crippen molar-refractivity contribution in [3.05, 3.63) is 48.0 Å². The first-order valence-corrected chi connectivity index (χ1v) is 10.2. The van der Waals surface area contributed by atoms with E-state index in [9.17, 15) is 19.6 Å². The van der Waals surface area contributed by atoms with E-state index >= 15 is 0 Å². The van der Waals surface area contributed by atoms with Crippen molar-refractivity contribution in [2.24, 2.45) is 0 Å². The molecule has 0 aromatic heterocycles. The van der Waals surface area contributed by atoms with Gasteiger partial charge in [0.25, 0.3) is 5.91 Å². The first-order valence-electron chi connectivity index (χ1n) is 10.2. The van der Waals surface area contributed by atoms with Gasteiger partial charge in [-0.15, -0.1) is 0 Å². The molecule has 7 nitrogen and oxygen atoms in total. The van der Waals surface area contributed by atoms with Gasteiger partial charge in [-0.1, -0.05) is 55.7 Å². The Bertz CT molecular complexity index is 1070. The molecule has 4 amide bonds. The average Bonchev–Trinajstić information content (AvgIpc) is 2.98. The van der Waals surface area contributed by atoms with E-state index in [1.807, 2.05) is 42.5 Å². The lowest BCUT2D eigenvalue weighted by atomic mass is 9.83. The summed E-state index contributed by atoms with van der Waals surface area (Å²) >= 11 is 0. The highest BCUT2D eigenvalue weighted by atomic mass is 16.2. The summed E-state index contributed by atoms with van der Waals surface area (Å²) in [7, 11) is 0. The van der Waals surface area contributed by atoms with Gasteiger partial charge in [-0.05, 0) is 42.2 Å². The molecule has 1 heterocycles. The number of carbonyl (C=O) groups is 3. The Balaban J connectivity index is 1.53. The molecular weight excluding hydrogens is 380 g/mol. The average molecular weight is 404 g/mol. The Labute approximate surface area is 175 Å². The van der Waals surface area contributed by atoms with Crippen LogP contribution in [0.15, 0.2) is 42.5 Å². The molecule has 0 radical (unpaired) electrons. The van der Waals surface area contributed by atoms with Gasteiger partial charge in [0, 0.05) is 0 Å². The van der Waals surface area contributed by atoms with Crippen LogP contribution in [0.4, 0.5) is 4.79 Å². The Hall–Kier alpha value is -3.40. The molecular formula is C23H24N4O3. The third-order valence-electron chi connectivity index (χ3n) is 6.20. The summed E-state index contributed by atoms with van der Waals surface area (Å²) in [5.74, 6) is -0.975. The number of amides is 4. The summed E-state index contributed by atoms with van der Waals surface area (Å²) in [4.78, 5) is 39.2. The molecule has 2 aromatic rings. The van der Waals surface area contributed by atoms with Crippen LogP contribution < -0.4 is 10.6 Å². The van der Waals surface area contributed by atoms with Crippen LogP contribution >= 0.6 is 0 Å². The molecule has 1 aliphatic carbocycles. The van der Waals surface area contributed by atoms with Crippen molar-refractivity contribution in [1.29, 1.82) is 5.26 Å². The topological polar surface area (TPSA) is 102 Å². The zero-order valence-electron chi connectivity index (χ0n) is 16.9. The predicted molar refractivity (Wildman–Crippen MR) is 111 cm³/mol. The first-order chi connectivity index (χ1) is 14.4. The number of nitrogens with one attached hydrogen (secondary N) is 2. The van der Waals surface area contributed by atoms with E-state index in [4.69, 9.17) is 0 Å². The molecule has 0 bridgehead atoms. The van der Waals surface area contributed by atoms with Gasteiger partial charge < -0.3 is 10.6 Å². The molecule has 2 fully saturated rings. The molecule has 2 aliphatic rings. The molecule has 1 saturated carbocycles. The number of hydrogen-bond acceptors (Lipinski definition) is 4. The molecule has 154 valence electrons. The summed E-state index contributed by atoms with van der Waals surface area (Å²) < 4.78 is 0. The second-order valence-electron chi connectivity index (χ2n) is 8.31. The van der Waals surface area contributed by atoms with Crippen LogP contribution in [0.2, 0.25) is 0 Å². The summed E-state index contributed by atoms with van der Waals surface area (Å²) in [5, 5.41) is 17.0. The van der Waals surface area contributed by atoms with Crippen LogP contribution in [0.5, 0.6) is 0 Å². The first kappa shape index (κ1) is 19.9. The van der Waals surface area contributed by atoms with Crippen LogP contribution in [-0.4, -0.2) is 34.8 Å². The molecule has 1 aliphatic heterocycles. The molecule has 4 rings (SSSR count). The number of urea groups is 1. The lowest BCUT2D eigenvalue weighted by Gasteiger charge is -2.32. The van der Waals surface area contributed by atoms with Crippen molar-refractivity contribution in [2.75, 3.05) is 6.54 Å². The quantitative estimate of drug-likeness (QED) is 0.765. The van der Waals surface area contributed by atoms with Crippen LogP contribution in [0.3, 0.4) is 0 Å². The zero-order valence-corrected chi connectivity index (χ0v) is 16.9. The molecule has 0 spiro atoms. The molecule has 1 unspecified atom stereocenters. The molecule has 2 aromatic carbocycles. The molecule has 7 heteroatoms. The van der Waals surface area contributed by atoms with Crippen LogP contribution in [0, 0.1) is 11.3 Å². The van der Waals surface area contributed by atoms with Crippen LogP contribution in [0.1, 0.15) is 44.6 Å². The van der Waals surface area contributed by atoms with Gasteiger partial charge in [0.2, 0.25) is 5.91 Å². The minimum absolute atomic E-state index is 0.405. The maximum absolute atomic E-state index is 13.1. The van der Waals surface area contributed by atoms with Crippen molar-refractivity contribution < 1.29 is 14.4 Å².